The highest BCUT2D eigenvalue weighted by atomic mass is 16.5. The fraction of sp³-hybridized carbons (Fsp3) is 0.591. The number of β-amino-alcohol motifs (C(OH)–C–C–N with tert-alkyl or cyclic N) is 1. The zero-order chi connectivity index (χ0) is 21.3. The molecule has 166 valence electrons. The van der Waals surface area contributed by atoms with Crippen LogP contribution in [0, 0.1) is 13.8 Å². The molecule has 8 heteroatoms. The van der Waals surface area contributed by atoms with Gasteiger partial charge in [-0.05, 0) is 38.4 Å². The molecule has 0 spiro atoms. The van der Waals surface area contributed by atoms with E-state index in [1.807, 2.05) is 32.0 Å². The summed E-state index contributed by atoms with van der Waals surface area (Å²) in [7, 11) is 1.63. The molecule has 1 unspecified atom stereocenters. The number of benzene rings is 1. The Morgan fingerprint density at radius 2 is 2.10 bits per heavy atom. The summed E-state index contributed by atoms with van der Waals surface area (Å²) in [5.74, 6) is 1.36. The highest BCUT2D eigenvalue weighted by molar-refractivity contribution is 5.46. The predicted molar refractivity (Wildman–Crippen MR) is 115 cm³/mol. The Kier molecular flexibility index (Phi) is 8.50. The fourth-order valence-corrected chi connectivity index (χ4v) is 3.72. The van der Waals surface area contributed by atoms with Gasteiger partial charge in [-0.15, -0.1) is 0 Å². The van der Waals surface area contributed by atoms with Gasteiger partial charge < -0.3 is 24.6 Å². The molecule has 3 rings (SSSR count). The smallest absolute Gasteiger partial charge is 0.165 e. The van der Waals surface area contributed by atoms with Crippen molar-refractivity contribution in [2.24, 2.45) is 0 Å². The molecule has 2 aromatic rings. The van der Waals surface area contributed by atoms with E-state index in [9.17, 15) is 5.11 Å². The maximum Gasteiger partial charge on any atom is 0.165 e. The third-order valence-corrected chi connectivity index (χ3v) is 5.42. The summed E-state index contributed by atoms with van der Waals surface area (Å²) in [6.45, 7) is 9.47. The van der Waals surface area contributed by atoms with E-state index in [4.69, 9.17) is 14.2 Å². The molecule has 3 N–H and O–H groups in total. The standard InChI is InChI=1S/C22H34N4O4/c1-16-20(17(2)25-24-16)7-8-23-13-18-5-4-6-21(28-3)22(18)30-15-19(27)14-26-9-11-29-12-10-26/h4-6,19,23,27H,7-15H2,1-3H3,(H,24,25). The first-order valence-corrected chi connectivity index (χ1v) is 10.6. The number of aromatic nitrogens is 2. The Labute approximate surface area is 178 Å². The number of aliphatic hydroxyl groups excluding tert-OH is 1. The number of nitrogens with one attached hydrogen (secondary N) is 2. The van der Waals surface area contributed by atoms with Crippen molar-refractivity contribution in [1.82, 2.24) is 20.4 Å². The average molecular weight is 419 g/mol. The Morgan fingerprint density at radius 1 is 1.30 bits per heavy atom. The second-order valence-electron chi connectivity index (χ2n) is 7.67. The van der Waals surface area contributed by atoms with Crippen LogP contribution in [0.25, 0.3) is 0 Å². The molecule has 1 aromatic heterocycles. The molecule has 0 bridgehead atoms. The highest BCUT2D eigenvalue weighted by Crippen LogP contribution is 2.31. The Hall–Kier alpha value is -2.13. The molecule has 30 heavy (non-hydrogen) atoms. The van der Waals surface area contributed by atoms with Gasteiger partial charge in [-0.2, -0.15) is 5.10 Å². The van der Waals surface area contributed by atoms with Gasteiger partial charge in [-0.1, -0.05) is 12.1 Å². The lowest BCUT2D eigenvalue weighted by Gasteiger charge is -2.28. The van der Waals surface area contributed by atoms with E-state index in [1.54, 1.807) is 7.11 Å². The topological polar surface area (TPSA) is 91.9 Å². The summed E-state index contributed by atoms with van der Waals surface area (Å²) in [6.07, 6.45) is 0.341. The largest absolute Gasteiger partial charge is 0.493 e. The molecule has 1 atom stereocenters. The number of H-pyrrole nitrogens is 1. The van der Waals surface area contributed by atoms with Crippen LogP contribution in [0.4, 0.5) is 0 Å². The maximum absolute atomic E-state index is 10.4. The maximum atomic E-state index is 10.4. The predicted octanol–water partition coefficient (Wildman–Crippen LogP) is 1.44. The van der Waals surface area contributed by atoms with Crippen LogP contribution in [0.1, 0.15) is 22.5 Å². The van der Waals surface area contributed by atoms with Crippen molar-refractivity contribution in [3.8, 4) is 11.5 Å². The van der Waals surface area contributed by atoms with E-state index in [-0.39, 0.29) is 6.61 Å². The van der Waals surface area contributed by atoms with Crippen molar-refractivity contribution in [3.05, 3.63) is 40.7 Å². The monoisotopic (exact) mass is 418 g/mol. The Bertz CT molecular complexity index is 770. The summed E-state index contributed by atoms with van der Waals surface area (Å²) in [5, 5.41) is 21.2. The SMILES string of the molecule is COc1cccc(CNCCc2c(C)n[nH]c2C)c1OCC(O)CN1CCOCC1. The number of aromatic amines is 1. The highest BCUT2D eigenvalue weighted by Gasteiger charge is 2.17. The van der Waals surface area contributed by atoms with Crippen LogP contribution >= 0.6 is 0 Å². The molecule has 2 heterocycles. The lowest BCUT2D eigenvalue weighted by atomic mass is 10.1. The molecule has 1 aliphatic rings. The van der Waals surface area contributed by atoms with Crippen LogP contribution < -0.4 is 14.8 Å². The molecular formula is C22H34N4O4. The third-order valence-electron chi connectivity index (χ3n) is 5.42. The van der Waals surface area contributed by atoms with Crippen LogP contribution in [0.2, 0.25) is 0 Å². The zero-order valence-electron chi connectivity index (χ0n) is 18.2. The lowest BCUT2D eigenvalue weighted by Crippen LogP contribution is -2.42. The quantitative estimate of drug-likeness (QED) is 0.476. The molecule has 0 saturated carbocycles. The zero-order valence-corrected chi connectivity index (χ0v) is 18.2. The first-order chi connectivity index (χ1) is 14.6. The minimum atomic E-state index is -0.569. The van der Waals surface area contributed by atoms with Crippen molar-refractivity contribution in [2.45, 2.75) is 32.9 Å². The van der Waals surface area contributed by atoms with E-state index >= 15 is 0 Å². The number of aliphatic hydroxyl groups is 1. The molecule has 0 radical (unpaired) electrons. The van der Waals surface area contributed by atoms with Gasteiger partial charge >= 0.3 is 0 Å². The molecule has 1 saturated heterocycles. The molecule has 1 aliphatic heterocycles. The molecule has 0 amide bonds. The first-order valence-electron chi connectivity index (χ1n) is 10.6. The number of nitrogens with zero attached hydrogens (tertiary/aromatic N) is 2. The van der Waals surface area contributed by atoms with Gasteiger partial charge in [0.2, 0.25) is 0 Å². The van der Waals surface area contributed by atoms with E-state index in [1.165, 1.54) is 5.56 Å². The summed E-state index contributed by atoms with van der Waals surface area (Å²) in [6, 6.07) is 5.86. The van der Waals surface area contributed by atoms with E-state index in [2.05, 4.69) is 20.4 Å². The summed E-state index contributed by atoms with van der Waals surface area (Å²) < 4.78 is 16.9. The number of hydrogen-bond donors (Lipinski definition) is 3. The van der Waals surface area contributed by atoms with E-state index < -0.39 is 6.10 Å². The average Bonchev–Trinajstić information content (AvgIpc) is 3.08. The van der Waals surface area contributed by atoms with Gasteiger partial charge in [0.1, 0.15) is 12.7 Å². The minimum absolute atomic E-state index is 0.220. The molecule has 8 nitrogen and oxygen atoms in total. The van der Waals surface area contributed by atoms with Gasteiger partial charge in [-0.25, -0.2) is 0 Å². The molecule has 1 aromatic carbocycles. The third kappa shape index (κ3) is 6.18. The van der Waals surface area contributed by atoms with Gasteiger partial charge in [0.25, 0.3) is 0 Å². The number of ether oxygens (including phenoxy) is 3. The lowest BCUT2D eigenvalue weighted by molar-refractivity contribution is 0.00436. The second kappa shape index (κ2) is 11.3. The van der Waals surface area contributed by atoms with Crippen molar-refractivity contribution >= 4 is 0 Å². The summed E-state index contributed by atoms with van der Waals surface area (Å²) >= 11 is 0. The van der Waals surface area contributed by atoms with E-state index in [0.29, 0.717) is 37.8 Å². The Balaban J connectivity index is 1.53. The van der Waals surface area contributed by atoms with Gasteiger partial charge in [-0.3, -0.25) is 10.00 Å². The second-order valence-corrected chi connectivity index (χ2v) is 7.67. The summed E-state index contributed by atoms with van der Waals surface area (Å²) in [4.78, 5) is 2.20. The number of hydrogen-bond acceptors (Lipinski definition) is 7. The number of methoxy groups -OCH3 is 1. The van der Waals surface area contributed by atoms with Crippen molar-refractivity contribution in [3.63, 3.8) is 0 Å². The van der Waals surface area contributed by atoms with Crippen molar-refractivity contribution in [2.75, 3.05) is 53.1 Å². The number of morpholine rings is 1. The normalized spacial score (nSPS) is 15.9. The van der Waals surface area contributed by atoms with Crippen molar-refractivity contribution in [1.29, 1.82) is 0 Å². The number of aryl methyl sites for hydroxylation is 2. The van der Waals surface area contributed by atoms with Crippen LogP contribution in [0.5, 0.6) is 11.5 Å². The fourth-order valence-electron chi connectivity index (χ4n) is 3.72. The number of rotatable bonds is 11. The van der Waals surface area contributed by atoms with Crippen LogP contribution in [-0.4, -0.2) is 79.4 Å². The number of para-hydroxylation sites is 1. The molecule has 1 fully saturated rings. The summed E-state index contributed by atoms with van der Waals surface area (Å²) in [5.41, 5.74) is 4.44. The first kappa shape index (κ1) is 22.6. The Morgan fingerprint density at radius 3 is 2.80 bits per heavy atom. The van der Waals surface area contributed by atoms with Gasteiger partial charge in [0.05, 0.1) is 26.0 Å². The van der Waals surface area contributed by atoms with Gasteiger partial charge in [0, 0.05) is 37.4 Å². The van der Waals surface area contributed by atoms with Crippen LogP contribution in [0.3, 0.4) is 0 Å². The van der Waals surface area contributed by atoms with Crippen LogP contribution in [0.15, 0.2) is 18.2 Å². The molecular weight excluding hydrogens is 384 g/mol. The van der Waals surface area contributed by atoms with Crippen molar-refractivity contribution < 1.29 is 19.3 Å². The van der Waals surface area contributed by atoms with Crippen LogP contribution in [-0.2, 0) is 17.7 Å². The van der Waals surface area contributed by atoms with E-state index in [0.717, 1.165) is 43.0 Å². The minimum Gasteiger partial charge on any atom is -0.493 e. The van der Waals surface area contributed by atoms with Gasteiger partial charge in [0.15, 0.2) is 11.5 Å². The molecule has 0 aliphatic carbocycles.